The van der Waals surface area contributed by atoms with Crippen molar-refractivity contribution in [1.29, 1.82) is 5.26 Å². The average Bonchev–Trinajstić information content (AvgIpc) is 2.89. The van der Waals surface area contributed by atoms with Crippen LogP contribution < -0.4 is 5.32 Å². The number of hydrogen-bond donors (Lipinski definition) is 2. The summed E-state index contributed by atoms with van der Waals surface area (Å²) in [6, 6.07) is 11.2. The number of carbonyl (C=O) groups is 1. The van der Waals surface area contributed by atoms with Gasteiger partial charge in [-0.05, 0) is 56.5 Å². The van der Waals surface area contributed by atoms with Crippen molar-refractivity contribution >= 4 is 5.91 Å². The number of benzene rings is 1. The number of aromatic nitrogens is 1. The molecule has 0 radical (unpaired) electrons. The van der Waals surface area contributed by atoms with Crippen LogP contribution in [0.1, 0.15) is 47.6 Å². The number of aliphatic hydroxyl groups excluding tert-OH is 1. The highest BCUT2D eigenvalue weighted by Gasteiger charge is 2.17. The normalized spacial score (nSPS) is 12.0. The molecule has 0 fully saturated rings. The highest BCUT2D eigenvalue weighted by atomic mass is 16.3. The fourth-order valence-corrected chi connectivity index (χ4v) is 2.84. The third kappa shape index (κ3) is 4.28. The zero-order chi connectivity index (χ0) is 18.6. The number of rotatable bonds is 6. The Balaban J connectivity index is 2.15. The molecule has 5 heteroatoms. The van der Waals surface area contributed by atoms with E-state index in [1.165, 1.54) is 0 Å². The lowest BCUT2D eigenvalue weighted by Gasteiger charge is -2.14. The zero-order valence-corrected chi connectivity index (χ0v) is 15.2. The molecule has 1 aromatic carbocycles. The summed E-state index contributed by atoms with van der Waals surface area (Å²) in [6.07, 6.45) is 0.129. The van der Waals surface area contributed by atoms with Gasteiger partial charge in [0.2, 0.25) is 0 Å². The predicted molar refractivity (Wildman–Crippen MR) is 97.8 cm³/mol. The van der Waals surface area contributed by atoms with Gasteiger partial charge < -0.3 is 15.0 Å². The number of amides is 1. The topological polar surface area (TPSA) is 78.0 Å². The summed E-state index contributed by atoms with van der Waals surface area (Å²) < 4.78 is 2.00. The Hall–Kier alpha value is -2.58. The van der Waals surface area contributed by atoms with Crippen LogP contribution in [0.4, 0.5) is 0 Å². The van der Waals surface area contributed by atoms with E-state index in [0.29, 0.717) is 24.1 Å². The van der Waals surface area contributed by atoms with Crippen LogP contribution in [-0.4, -0.2) is 28.2 Å². The molecule has 25 heavy (non-hydrogen) atoms. The molecule has 1 aromatic heterocycles. The van der Waals surface area contributed by atoms with E-state index in [-0.39, 0.29) is 11.8 Å². The molecule has 132 valence electrons. The van der Waals surface area contributed by atoms with Gasteiger partial charge >= 0.3 is 0 Å². The van der Waals surface area contributed by atoms with Crippen LogP contribution in [0, 0.1) is 31.1 Å². The fourth-order valence-electron chi connectivity index (χ4n) is 2.84. The minimum atomic E-state index is -0.411. The first-order valence-electron chi connectivity index (χ1n) is 8.51. The molecule has 1 unspecified atom stereocenters. The second kappa shape index (κ2) is 8.00. The molecule has 2 aromatic rings. The summed E-state index contributed by atoms with van der Waals surface area (Å²) in [4.78, 5) is 12.5. The van der Waals surface area contributed by atoms with Crippen molar-refractivity contribution in [3.05, 3.63) is 52.8 Å². The first-order chi connectivity index (χ1) is 11.8. The van der Waals surface area contributed by atoms with Crippen LogP contribution in [-0.2, 0) is 0 Å². The van der Waals surface area contributed by atoms with Crippen molar-refractivity contribution in [3.63, 3.8) is 0 Å². The van der Waals surface area contributed by atoms with Crippen molar-refractivity contribution in [2.75, 3.05) is 6.54 Å². The summed E-state index contributed by atoms with van der Waals surface area (Å²) in [5.74, 6) is 0.0438. The Labute approximate surface area is 148 Å². The molecule has 0 aliphatic carbocycles. The molecule has 2 rings (SSSR count). The number of nitrogens with one attached hydrogen (secondary N) is 1. The Kier molecular flexibility index (Phi) is 6.00. The van der Waals surface area contributed by atoms with E-state index >= 15 is 0 Å². The second-order valence-corrected chi connectivity index (χ2v) is 6.63. The largest absolute Gasteiger partial charge is 0.393 e. The Morgan fingerprint density at radius 3 is 2.48 bits per heavy atom. The molecule has 0 spiro atoms. The molecule has 1 atom stereocenters. The van der Waals surface area contributed by atoms with E-state index < -0.39 is 6.10 Å². The third-order valence-corrected chi connectivity index (χ3v) is 4.43. The summed E-state index contributed by atoms with van der Waals surface area (Å²) >= 11 is 0. The van der Waals surface area contributed by atoms with E-state index in [2.05, 4.69) is 11.4 Å². The minimum absolute atomic E-state index is 0.135. The maximum Gasteiger partial charge on any atom is 0.253 e. The molecule has 1 heterocycles. The third-order valence-electron chi connectivity index (χ3n) is 4.43. The zero-order valence-electron chi connectivity index (χ0n) is 15.2. The smallest absolute Gasteiger partial charge is 0.253 e. The van der Waals surface area contributed by atoms with E-state index in [1.54, 1.807) is 12.1 Å². The lowest BCUT2D eigenvalue weighted by atomic mass is 10.0. The molecule has 2 N–H and O–H groups in total. The number of aliphatic hydroxyl groups is 1. The number of nitrogens with zero attached hydrogens (tertiary/aromatic N) is 2. The quantitative estimate of drug-likeness (QED) is 0.849. The SMILES string of the molecule is Cc1cc(C(=O)NCCC(O)C(C)C)c(C)n1-c1ccc(C#N)cc1. The molecular formula is C20H25N3O2. The number of aryl methyl sites for hydroxylation is 1. The minimum Gasteiger partial charge on any atom is -0.393 e. The number of hydrogen-bond acceptors (Lipinski definition) is 3. The first kappa shape index (κ1) is 18.8. The maximum atomic E-state index is 12.5. The molecule has 0 aliphatic rings. The standard InChI is InChI=1S/C20H25N3O2/c1-13(2)19(24)9-10-22-20(25)18-11-14(3)23(15(18)4)17-7-5-16(12-21)6-8-17/h5-8,11,13,19,24H,9-10H2,1-4H3,(H,22,25). The van der Waals surface area contributed by atoms with Gasteiger partial charge in [0.15, 0.2) is 0 Å². The van der Waals surface area contributed by atoms with E-state index in [0.717, 1.165) is 17.1 Å². The monoisotopic (exact) mass is 339 g/mol. The Bertz CT molecular complexity index is 783. The van der Waals surface area contributed by atoms with Gasteiger partial charge in [-0.25, -0.2) is 0 Å². The van der Waals surface area contributed by atoms with Crippen molar-refractivity contribution in [2.45, 2.75) is 40.2 Å². The molecule has 5 nitrogen and oxygen atoms in total. The lowest BCUT2D eigenvalue weighted by molar-refractivity contribution is 0.0919. The first-order valence-corrected chi connectivity index (χ1v) is 8.51. The molecule has 0 aliphatic heterocycles. The van der Waals surface area contributed by atoms with Gasteiger partial charge in [0.25, 0.3) is 5.91 Å². The van der Waals surface area contributed by atoms with Crippen LogP contribution in [0.15, 0.2) is 30.3 Å². The van der Waals surface area contributed by atoms with Crippen LogP contribution in [0.5, 0.6) is 0 Å². The number of nitriles is 1. The summed E-state index contributed by atoms with van der Waals surface area (Å²) in [5.41, 5.74) is 3.95. The molecule has 0 saturated carbocycles. The van der Waals surface area contributed by atoms with Crippen LogP contribution in [0.2, 0.25) is 0 Å². The Morgan fingerprint density at radius 1 is 1.28 bits per heavy atom. The number of carbonyl (C=O) groups excluding carboxylic acids is 1. The average molecular weight is 339 g/mol. The van der Waals surface area contributed by atoms with Gasteiger partial charge in [0.1, 0.15) is 0 Å². The summed E-state index contributed by atoms with van der Waals surface area (Å²) in [7, 11) is 0. The maximum absolute atomic E-state index is 12.5. The van der Waals surface area contributed by atoms with Crippen molar-refractivity contribution in [2.24, 2.45) is 5.92 Å². The van der Waals surface area contributed by atoms with Gasteiger partial charge in [0.05, 0.1) is 23.3 Å². The summed E-state index contributed by atoms with van der Waals surface area (Å²) in [6.45, 7) is 8.21. The highest BCUT2D eigenvalue weighted by Crippen LogP contribution is 2.21. The van der Waals surface area contributed by atoms with E-state index in [1.807, 2.05) is 50.5 Å². The molecular weight excluding hydrogens is 314 g/mol. The van der Waals surface area contributed by atoms with Crippen molar-refractivity contribution in [3.8, 4) is 11.8 Å². The van der Waals surface area contributed by atoms with Crippen LogP contribution >= 0.6 is 0 Å². The van der Waals surface area contributed by atoms with E-state index in [9.17, 15) is 9.90 Å². The van der Waals surface area contributed by atoms with Crippen LogP contribution in [0.3, 0.4) is 0 Å². The van der Waals surface area contributed by atoms with Gasteiger partial charge in [-0.3, -0.25) is 4.79 Å². The molecule has 1 amide bonds. The van der Waals surface area contributed by atoms with Gasteiger partial charge in [-0.15, -0.1) is 0 Å². The highest BCUT2D eigenvalue weighted by molar-refractivity contribution is 5.95. The Morgan fingerprint density at radius 2 is 1.92 bits per heavy atom. The van der Waals surface area contributed by atoms with Gasteiger partial charge in [-0.2, -0.15) is 5.26 Å². The van der Waals surface area contributed by atoms with Gasteiger partial charge in [-0.1, -0.05) is 13.8 Å². The molecule has 0 saturated heterocycles. The van der Waals surface area contributed by atoms with Crippen molar-refractivity contribution in [1.82, 2.24) is 9.88 Å². The second-order valence-electron chi connectivity index (χ2n) is 6.63. The van der Waals surface area contributed by atoms with Gasteiger partial charge in [0, 0.05) is 23.6 Å². The fraction of sp³-hybridized carbons (Fsp3) is 0.400. The molecule has 0 bridgehead atoms. The predicted octanol–water partition coefficient (Wildman–Crippen LogP) is 3.10. The summed E-state index contributed by atoms with van der Waals surface area (Å²) in [5, 5.41) is 21.6. The van der Waals surface area contributed by atoms with Crippen molar-refractivity contribution < 1.29 is 9.90 Å². The van der Waals surface area contributed by atoms with E-state index in [4.69, 9.17) is 5.26 Å². The lowest BCUT2D eigenvalue weighted by Crippen LogP contribution is -2.29. The van der Waals surface area contributed by atoms with Crippen LogP contribution in [0.25, 0.3) is 5.69 Å².